The van der Waals surface area contributed by atoms with Gasteiger partial charge in [0.2, 0.25) is 0 Å². The first-order chi connectivity index (χ1) is 8.86. The second-order valence-electron chi connectivity index (χ2n) is 4.30. The lowest BCUT2D eigenvalue weighted by Crippen LogP contribution is -2.45. The summed E-state index contributed by atoms with van der Waals surface area (Å²) in [6, 6.07) is 2.49. The van der Waals surface area contributed by atoms with Crippen LogP contribution in [0.3, 0.4) is 0 Å². The van der Waals surface area contributed by atoms with Crippen molar-refractivity contribution in [3.05, 3.63) is 34.6 Å². The normalized spacial score (nSPS) is 13.7. The van der Waals surface area contributed by atoms with Crippen molar-refractivity contribution in [3.63, 3.8) is 0 Å². The lowest BCUT2D eigenvalue weighted by atomic mass is 9.99. The van der Waals surface area contributed by atoms with Crippen molar-refractivity contribution in [2.45, 2.75) is 26.3 Å². The Morgan fingerprint density at radius 2 is 2.11 bits per heavy atom. The molecule has 2 atom stereocenters. The summed E-state index contributed by atoms with van der Waals surface area (Å²) in [6.07, 6.45) is 0.579. The third kappa shape index (κ3) is 3.92. The van der Waals surface area contributed by atoms with Gasteiger partial charge in [-0.25, -0.2) is 9.18 Å². The van der Waals surface area contributed by atoms with Crippen molar-refractivity contribution in [2.24, 2.45) is 5.92 Å². The zero-order valence-electron chi connectivity index (χ0n) is 10.6. The summed E-state index contributed by atoms with van der Waals surface area (Å²) in [5, 5.41) is 11.6. The van der Waals surface area contributed by atoms with Crippen molar-refractivity contribution in [2.75, 3.05) is 0 Å². The summed E-state index contributed by atoms with van der Waals surface area (Å²) in [4.78, 5) is 23.0. The van der Waals surface area contributed by atoms with Crippen LogP contribution in [0.5, 0.6) is 0 Å². The second-order valence-corrected chi connectivity index (χ2v) is 4.74. The van der Waals surface area contributed by atoms with Crippen LogP contribution in [0.1, 0.15) is 30.6 Å². The number of halogens is 2. The number of carbonyl (C=O) groups is 2. The smallest absolute Gasteiger partial charge is 0.326 e. The molecular weight excluding hydrogens is 273 g/mol. The van der Waals surface area contributed by atoms with Gasteiger partial charge in [-0.1, -0.05) is 31.9 Å². The zero-order valence-corrected chi connectivity index (χ0v) is 11.4. The summed E-state index contributed by atoms with van der Waals surface area (Å²) in [6.45, 7) is 3.51. The number of carbonyl (C=O) groups excluding carboxylic acids is 1. The van der Waals surface area contributed by atoms with E-state index in [9.17, 15) is 14.0 Å². The van der Waals surface area contributed by atoms with Crippen LogP contribution < -0.4 is 5.32 Å². The van der Waals surface area contributed by atoms with E-state index in [-0.39, 0.29) is 16.5 Å². The Labute approximate surface area is 115 Å². The number of nitrogens with one attached hydrogen (secondary N) is 1. The van der Waals surface area contributed by atoms with Gasteiger partial charge < -0.3 is 10.4 Å². The SMILES string of the molecule is CCC(C)[C@H](NC(=O)c1cc(Cl)ccc1F)C(=O)O. The Hall–Kier alpha value is -1.62. The standard InChI is InChI=1S/C13H15ClFNO3/c1-3-7(2)11(13(18)19)16-12(17)9-6-8(14)4-5-10(9)15/h4-7,11H,3H2,1-2H3,(H,16,17)(H,18,19)/t7?,11-/m0/s1. The van der Waals surface area contributed by atoms with Crippen molar-refractivity contribution in [3.8, 4) is 0 Å². The van der Waals surface area contributed by atoms with Gasteiger partial charge in [-0.05, 0) is 24.1 Å². The molecule has 0 aromatic heterocycles. The van der Waals surface area contributed by atoms with Gasteiger partial charge in [-0.3, -0.25) is 4.79 Å². The molecule has 0 saturated heterocycles. The van der Waals surface area contributed by atoms with Crippen molar-refractivity contribution >= 4 is 23.5 Å². The lowest BCUT2D eigenvalue weighted by Gasteiger charge is -2.20. The molecule has 0 fully saturated rings. The predicted molar refractivity (Wildman–Crippen MR) is 69.8 cm³/mol. The predicted octanol–water partition coefficient (Wildman–Crippen LogP) is 2.71. The van der Waals surface area contributed by atoms with E-state index in [1.165, 1.54) is 12.1 Å². The van der Waals surface area contributed by atoms with Crippen LogP contribution in [0.2, 0.25) is 5.02 Å². The molecule has 1 unspecified atom stereocenters. The van der Waals surface area contributed by atoms with Crippen LogP contribution in [0.25, 0.3) is 0 Å². The quantitative estimate of drug-likeness (QED) is 0.875. The second kappa shape index (κ2) is 6.52. The first kappa shape index (κ1) is 15.4. The monoisotopic (exact) mass is 287 g/mol. The molecule has 1 aromatic carbocycles. The number of hydrogen-bond donors (Lipinski definition) is 2. The molecule has 1 amide bonds. The van der Waals surface area contributed by atoms with Gasteiger partial charge in [0.25, 0.3) is 5.91 Å². The van der Waals surface area contributed by atoms with Crippen LogP contribution in [0, 0.1) is 11.7 Å². The number of benzene rings is 1. The Kier molecular flexibility index (Phi) is 5.30. The minimum absolute atomic E-state index is 0.210. The minimum Gasteiger partial charge on any atom is -0.480 e. The van der Waals surface area contributed by atoms with Gasteiger partial charge in [0.15, 0.2) is 0 Å². The molecule has 0 spiro atoms. The Balaban J connectivity index is 2.94. The Morgan fingerprint density at radius 1 is 1.47 bits per heavy atom. The molecule has 1 rings (SSSR count). The average Bonchev–Trinajstić information content (AvgIpc) is 2.37. The summed E-state index contributed by atoms with van der Waals surface area (Å²) in [7, 11) is 0. The fraction of sp³-hybridized carbons (Fsp3) is 0.385. The summed E-state index contributed by atoms with van der Waals surface area (Å²) in [5.74, 6) is -2.93. The maximum atomic E-state index is 13.5. The Morgan fingerprint density at radius 3 is 2.63 bits per heavy atom. The van der Waals surface area contributed by atoms with E-state index < -0.39 is 23.7 Å². The number of aliphatic carboxylic acids is 1. The van der Waals surface area contributed by atoms with E-state index in [0.29, 0.717) is 6.42 Å². The largest absolute Gasteiger partial charge is 0.480 e. The van der Waals surface area contributed by atoms with E-state index in [1.807, 2.05) is 6.92 Å². The van der Waals surface area contributed by atoms with Gasteiger partial charge in [-0.2, -0.15) is 0 Å². The number of carboxylic acids is 1. The number of hydrogen-bond acceptors (Lipinski definition) is 2. The highest BCUT2D eigenvalue weighted by Gasteiger charge is 2.26. The molecule has 0 aliphatic rings. The molecule has 1 aromatic rings. The molecule has 0 bridgehead atoms. The van der Waals surface area contributed by atoms with Crippen LogP contribution in [0.4, 0.5) is 4.39 Å². The maximum Gasteiger partial charge on any atom is 0.326 e. The van der Waals surface area contributed by atoms with Crippen molar-refractivity contribution in [1.82, 2.24) is 5.32 Å². The highest BCUT2D eigenvalue weighted by molar-refractivity contribution is 6.31. The highest BCUT2D eigenvalue weighted by Crippen LogP contribution is 2.16. The summed E-state index contributed by atoms with van der Waals surface area (Å²) < 4.78 is 13.5. The summed E-state index contributed by atoms with van der Waals surface area (Å²) in [5.41, 5.74) is -0.262. The topological polar surface area (TPSA) is 66.4 Å². The van der Waals surface area contributed by atoms with Gasteiger partial charge in [0.05, 0.1) is 5.56 Å². The fourth-order valence-corrected chi connectivity index (χ4v) is 1.75. The van der Waals surface area contributed by atoms with Crippen LogP contribution in [-0.2, 0) is 4.79 Å². The van der Waals surface area contributed by atoms with E-state index in [2.05, 4.69) is 5.32 Å². The lowest BCUT2D eigenvalue weighted by molar-refractivity contribution is -0.140. The number of amides is 1. The highest BCUT2D eigenvalue weighted by atomic mass is 35.5. The maximum absolute atomic E-state index is 13.5. The van der Waals surface area contributed by atoms with Crippen LogP contribution >= 0.6 is 11.6 Å². The molecule has 4 nitrogen and oxygen atoms in total. The first-order valence-electron chi connectivity index (χ1n) is 5.85. The molecule has 0 saturated carbocycles. The molecule has 0 heterocycles. The molecule has 6 heteroatoms. The van der Waals surface area contributed by atoms with Crippen LogP contribution in [-0.4, -0.2) is 23.0 Å². The molecule has 19 heavy (non-hydrogen) atoms. The van der Waals surface area contributed by atoms with E-state index in [1.54, 1.807) is 6.92 Å². The van der Waals surface area contributed by atoms with E-state index in [4.69, 9.17) is 16.7 Å². The first-order valence-corrected chi connectivity index (χ1v) is 6.23. The van der Waals surface area contributed by atoms with Gasteiger partial charge in [0, 0.05) is 5.02 Å². The number of carboxylic acid groups (broad SMARTS) is 1. The average molecular weight is 288 g/mol. The van der Waals surface area contributed by atoms with Gasteiger partial charge in [-0.15, -0.1) is 0 Å². The third-order valence-corrected chi connectivity index (χ3v) is 3.17. The summed E-state index contributed by atoms with van der Waals surface area (Å²) >= 11 is 5.69. The fourth-order valence-electron chi connectivity index (χ4n) is 1.57. The molecular formula is C13H15ClFNO3. The number of rotatable bonds is 5. The molecule has 104 valence electrons. The molecule has 0 radical (unpaired) electrons. The van der Waals surface area contributed by atoms with Gasteiger partial charge >= 0.3 is 5.97 Å². The van der Waals surface area contributed by atoms with Crippen molar-refractivity contribution < 1.29 is 19.1 Å². The third-order valence-electron chi connectivity index (χ3n) is 2.94. The minimum atomic E-state index is -1.15. The Bertz CT molecular complexity index is 493. The van der Waals surface area contributed by atoms with E-state index >= 15 is 0 Å². The molecule has 0 aliphatic carbocycles. The zero-order chi connectivity index (χ0) is 14.6. The van der Waals surface area contributed by atoms with E-state index in [0.717, 1.165) is 6.07 Å². The molecule has 2 N–H and O–H groups in total. The van der Waals surface area contributed by atoms with Crippen LogP contribution in [0.15, 0.2) is 18.2 Å². The van der Waals surface area contributed by atoms with Gasteiger partial charge in [0.1, 0.15) is 11.9 Å². The molecule has 0 aliphatic heterocycles. The van der Waals surface area contributed by atoms with Crippen molar-refractivity contribution in [1.29, 1.82) is 0 Å².